The Morgan fingerprint density at radius 2 is 0.981 bits per heavy atom. The summed E-state index contributed by atoms with van der Waals surface area (Å²) in [5.74, 6) is 0.623. The molecule has 3 heteroatoms. The summed E-state index contributed by atoms with van der Waals surface area (Å²) in [5.41, 5.74) is 12.8. The lowest BCUT2D eigenvalue weighted by Crippen LogP contribution is -2.11. The van der Waals surface area contributed by atoms with Crippen LogP contribution in [0.1, 0.15) is 0 Å². The number of anilines is 3. The van der Waals surface area contributed by atoms with E-state index in [0.29, 0.717) is 5.89 Å². The van der Waals surface area contributed by atoms with Gasteiger partial charge in [0.05, 0.1) is 5.69 Å². The fourth-order valence-corrected chi connectivity index (χ4v) is 7.71. The predicted octanol–water partition coefficient (Wildman–Crippen LogP) is 14.3. The Labute approximate surface area is 314 Å². The van der Waals surface area contributed by atoms with Crippen LogP contribution in [0.3, 0.4) is 0 Å². The second-order valence-electron chi connectivity index (χ2n) is 13.6. The Kier molecular flexibility index (Phi) is 7.81. The maximum absolute atomic E-state index is 6.63. The topological polar surface area (TPSA) is 29.3 Å². The number of nitrogens with zero attached hydrogens (tertiary/aromatic N) is 2. The second-order valence-corrected chi connectivity index (χ2v) is 13.6. The maximum atomic E-state index is 6.63. The van der Waals surface area contributed by atoms with Crippen molar-refractivity contribution in [3.63, 3.8) is 0 Å². The number of benzene rings is 9. The van der Waals surface area contributed by atoms with Gasteiger partial charge in [-0.2, -0.15) is 0 Å². The molecule has 54 heavy (non-hydrogen) atoms. The molecule has 0 atom stereocenters. The van der Waals surface area contributed by atoms with Gasteiger partial charge in [0.25, 0.3) is 0 Å². The van der Waals surface area contributed by atoms with E-state index in [1.54, 1.807) is 0 Å². The summed E-state index contributed by atoms with van der Waals surface area (Å²) in [6, 6.07) is 73.0. The zero-order valence-corrected chi connectivity index (χ0v) is 29.4. The second kappa shape index (κ2) is 13.4. The first-order valence-corrected chi connectivity index (χ1v) is 18.3. The minimum Gasteiger partial charge on any atom is -0.435 e. The van der Waals surface area contributed by atoms with E-state index < -0.39 is 0 Å². The average Bonchev–Trinajstić information content (AvgIpc) is 3.70. The summed E-state index contributed by atoms with van der Waals surface area (Å²) in [4.78, 5) is 7.33. The largest absolute Gasteiger partial charge is 0.435 e. The Hall–Kier alpha value is -7.23. The van der Waals surface area contributed by atoms with Gasteiger partial charge in [-0.05, 0) is 105 Å². The van der Waals surface area contributed by atoms with Gasteiger partial charge in [0.15, 0.2) is 5.58 Å². The van der Waals surface area contributed by atoms with E-state index in [0.717, 1.165) is 77.5 Å². The molecule has 0 aliphatic carbocycles. The molecule has 1 aromatic heterocycles. The molecule has 10 aromatic rings. The van der Waals surface area contributed by atoms with Crippen LogP contribution in [0.5, 0.6) is 0 Å². The van der Waals surface area contributed by atoms with Gasteiger partial charge in [-0.3, -0.25) is 0 Å². The third kappa shape index (κ3) is 5.60. The molecule has 0 aliphatic rings. The summed E-state index contributed by atoms with van der Waals surface area (Å²) in [6.07, 6.45) is 0. The van der Waals surface area contributed by atoms with Gasteiger partial charge in [0.1, 0.15) is 5.52 Å². The number of aromatic nitrogens is 1. The number of hydrogen-bond acceptors (Lipinski definition) is 3. The average molecular weight is 691 g/mol. The van der Waals surface area contributed by atoms with Crippen LogP contribution < -0.4 is 4.90 Å². The van der Waals surface area contributed by atoms with E-state index in [-0.39, 0.29) is 0 Å². The third-order valence-electron chi connectivity index (χ3n) is 10.3. The molecule has 0 radical (unpaired) electrons. The maximum Gasteiger partial charge on any atom is 0.227 e. The van der Waals surface area contributed by atoms with Crippen molar-refractivity contribution in [3.05, 3.63) is 206 Å². The number of rotatable bonds is 7. The standard InChI is InChI=1S/C51H34N2O/c1-6-16-35(17-7-1)39-27-31-48(45(32-39)37-20-10-3-11-21-37)53(41-24-14-5-15-25-41)42-28-29-43-46(34-42)44(36-18-8-2-9-19-36)33-40-26-30-47-50(49(40)43)54-51(52-47)38-22-12-4-13-23-38/h1-34H. The minimum atomic E-state index is 0.623. The Balaban J connectivity index is 1.24. The van der Waals surface area contributed by atoms with E-state index in [1.165, 1.54) is 11.1 Å². The van der Waals surface area contributed by atoms with E-state index in [9.17, 15) is 0 Å². The molecule has 0 amide bonds. The Morgan fingerprint density at radius 1 is 0.389 bits per heavy atom. The first-order chi connectivity index (χ1) is 26.8. The smallest absolute Gasteiger partial charge is 0.227 e. The van der Waals surface area contributed by atoms with Crippen molar-refractivity contribution in [2.24, 2.45) is 0 Å². The molecule has 254 valence electrons. The summed E-state index contributed by atoms with van der Waals surface area (Å²) >= 11 is 0. The number of para-hydroxylation sites is 1. The first kappa shape index (κ1) is 31.5. The van der Waals surface area contributed by atoms with Crippen LogP contribution in [0.25, 0.3) is 77.5 Å². The van der Waals surface area contributed by atoms with E-state index in [1.807, 2.05) is 30.3 Å². The molecule has 0 unspecified atom stereocenters. The summed E-state index contributed by atoms with van der Waals surface area (Å²) in [5, 5.41) is 4.43. The summed E-state index contributed by atoms with van der Waals surface area (Å²) in [7, 11) is 0. The van der Waals surface area contributed by atoms with Crippen LogP contribution in [0, 0.1) is 0 Å². The van der Waals surface area contributed by atoms with Gasteiger partial charge in [0.2, 0.25) is 5.89 Å². The third-order valence-corrected chi connectivity index (χ3v) is 10.3. The normalized spacial score (nSPS) is 11.3. The van der Waals surface area contributed by atoms with Crippen LogP contribution in [-0.4, -0.2) is 4.98 Å². The lowest BCUT2D eigenvalue weighted by molar-refractivity contribution is 0.623. The molecule has 1 heterocycles. The Morgan fingerprint density at radius 3 is 1.65 bits per heavy atom. The zero-order valence-electron chi connectivity index (χ0n) is 29.4. The van der Waals surface area contributed by atoms with Crippen LogP contribution in [0.2, 0.25) is 0 Å². The molecule has 0 spiro atoms. The molecular formula is C51H34N2O. The van der Waals surface area contributed by atoms with Crippen LogP contribution in [0.4, 0.5) is 17.1 Å². The fraction of sp³-hybridized carbons (Fsp3) is 0. The van der Waals surface area contributed by atoms with Crippen LogP contribution in [0.15, 0.2) is 211 Å². The van der Waals surface area contributed by atoms with Gasteiger partial charge in [0, 0.05) is 27.9 Å². The van der Waals surface area contributed by atoms with Crippen molar-refractivity contribution in [2.45, 2.75) is 0 Å². The summed E-state index contributed by atoms with van der Waals surface area (Å²) in [6.45, 7) is 0. The lowest BCUT2D eigenvalue weighted by Gasteiger charge is -2.29. The van der Waals surface area contributed by atoms with Gasteiger partial charge in [-0.1, -0.05) is 146 Å². The first-order valence-electron chi connectivity index (χ1n) is 18.3. The van der Waals surface area contributed by atoms with E-state index in [4.69, 9.17) is 9.40 Å². The highest BCUT2D eigenvalue weighted by Gasteiger charge is 2.21. The lowest BCUT2D eigenvalue weighted by atomic mass is 9.92. The van der Waals surface area contributed by atoms with Crippen molar-refractivity contribution in [1.29, 1.82) is 0 Å². The highest BCUT2D eigenvalue weighted by molar-refractivity contribution is 6.22. The monoisotopic (exact) mass is 690 g/mol. The van der Waals surface area contributed by atoms with Gasteiger partial charge >= 0.3 is 0 Å². The molecule has 0 aliphatic heterocycles. The molecule has 0 saturated carbocycles. The number of hydrogen-bond donors (Lipinski definition) is 0. The molecule has 0 saturated heterocycles. The summed E-state index contributed by atoms with van der Waals surface area (Å²) < 4.78 is 6.63. The molecule has 0 N–H and O–H groups in total. The highest BCUT2D eigenvalue weighted by atomic mass is 16.3. The molecule has 0 fully saturated rings. The van der Waals surface area contributed by atoms with Crippen LogP contribution in [-0.2, 0) is 0 Å². The van der Waals surface area contributed by atoms with Crippen molar-refractivity contribution < 1.29 is 4.42 Å². The zero-order chi connectivity index (χ0) is 35.8. The van der Waals surface area contributed by atoms with Crippen molar-refractivity contribution in [3.8, 4) is 44.8 Å². The molecule has 9 aromatic carbocycles. The van der Waals surface area contributed by atoms with E-state index in [2.05, 4.69) is 181 Å². The molecule has 0 bridgehead atoms. The quantitative estimate of drug-likeness (QED) is 0.156. The fourth-order valence-electron chi connectivity index (χ4n) is 7.71. The molecule has 3 nitrogen and oxygen atoms in total. The van der Waals surface area contributed by atoms with Gasteiger partial charge in [-0.25, -0.2) is 4.98 Å². The minimum absolute atomic E-state index is 0.623. The highest BCUT2D eigenvalue weighted by Crippen LogP contribution is 2.46. The SMILES string of the molecule is c1ccc(-c2ccc(N(c3ccccc3)c3ccc4c(c3)c(-c3ccccc3)cc3ccc5nc(-c6ccccc6)oc5c34)c(-c3ccccc3)c2)cc1. The molecule has 10 rings (SSSR count). The number of fused-ring (bicyclic) bond motifs is 5. The van der Waals surface area contributed by atoms with E-state index >= 15 is 0 Å². The predicted molar refractivity (Wildman–Crippen MR) is 225 cm³/mol. The molecular weight excluding hydrogens is 657 g/mol. The van der Waals surface area contributed by atoms with Crippen molar-refractivity contribution >= 4 is 49.7 Å². The van der Waals surface area contributed by atoms with Gasteiger partial charge < -0.3 is 9.32 Å². The van der Waals surface area contributed by atoms with Crippen LogP contribution >= 0.6 is 0 Å². The van der Waals surface area contributed by atoms with Gasteiger partial charge in [-0.15, -0.1) is 0 Å². The Bertz CT molecular complexity index is 2900. The number of oxazole rings is 1. The van der Waals surface area contributed by atoms with Crippen molar-refractivity contribution in [1.82, 2.24) is 4.98 Å². The van der Waals surface area contributed by atoms with Crippen molar-refractivity contribution in [2.75, 3.05) is 4.90 Å².